The number of rotatable bonds is 7. The number of hydrogen-bond acceptors (Lipinski definition) is 2. The van der Waals surface area contributed by atoms with E-state index in [1.165, 1.54) is 5.56 Å². The monoisotopic (exact) mass is 328 g/mol. The lowest BCUT2D eigenvalue weighted by atomic mass is 9.84. The largest absolute Gasteiger partial charge is 0.351 e. The maximum absolute atomic E-state index is 12.4. The second-order valence-electron chi connectivity index (χ2n) is 7.37. The van der Waals surface area contributed by atoms with Crippen LogP contribution >= 0.6 is 0 Å². The van der Waals surface area contributed by atoms with Crippen molar-refractivity contribution in [2.24, 2.45) is 11.8 Å². The Balaban J connectivity index is 1.61. The Morgan fingerprint density at radius 3 is 2.25 bits per heavy atom. The Hall–Kier alpha value is -1.84. The van der Waals surface area contributed by atoms with E-state index >= 15 is 0 Å². The molecule has 2 fully saturated rings. The summed E-state index contributed by atoms with van der Waals surface area (Å²) < 4.78 is 0. The molecule has 1 N–H and O–H groups in total. The minimum Gasteiger partial charge on any atom is -0.351 e. The van der Waals surface area contributed by atoms with Gasteiger partial charge in [0.05, 0.1) is 6.04 Å². The first kappa shape index (κ1) is 17.0. The molecule has 0 unspecified atom stereocenters. The minimum atomic E-state index is -0.0190. The van der Waals surface area contributed by atoms with Crippen molar-refractivity contribution in [3.8, 4) is 0 Å². The normalized spacial score (nSPS) is 19.0. The van der Waals surface area contributed by atoms with Crippen LogP contribution in [0, 0.1) is 11.8 Å². The van der Waals surface area contributed by atoms with Gasteiger partial charge in [-0.1, -0.05) is 43.2 Å². The molecular weight excluding hydrogens is 300 g/mol. The predicted octanol–water partition coefficient (Wildman–Crippen LogP) is 2.77. The number of carbonyl (C=O) groups is 2. The third-order valence-electron chi connectivity index (χ3n) is 5.47. The summed E-state index contributed by atoms with van der Waals surface area (Å²) in [6.07, 6.45) is 7.11. The maximum atomic E-state index is 12.4. The van der Waals surface area contributed by atoms with Crippen molar-refractivity contribution < 1.29 is 9.59 Å². The molecule has 24 heavy (non-hydrogen) atoms. The van der Waals surface area contributed by atoms with Crippen LogP contribution < -0.4 is 5.32 Å². The summed E-state index contributed by atoms with van der Waals surface area (Å²) in [5, 5.41) is 3.20. The van der Waals surface area contributed by atoms with Crippen LogP contribution in [0.5, 0.6) is 0 Å². The van der Waals surface area contributed by atoms with Crippen LogP contribution in [0.3, 0.4) is 0 Å². The van der Waals surface area contributed by atoms with Gasteiger partial charge < -0.3 is 10.2 Å². The van der Waals surface area contributed by atoms with Gasteiger partial charge in [-0.2, -0.15) is 0 Å². The van der Waals surface area contributed by atoms with E-state index in [0.717, 1.165) is 44.9 Å². The fraction of sp³-hybridized carbons (Fsp3) is 0.600. The molecule has 1 aromatic rings. The third kappa shape index (κ3) is 4.16. The second-order valence-corrected chi connectivity index (χ2v) is 7.37. The van der Waals surface area contributed by atoms with E-state index in [0.29, 0.717) is 6.54 Å². The quantitative estimate of drug-likeness (QED) is 0.837. The first-order chi connectivity index (χ1) is 11.6. The zero-order valence-electron chi connectivity index (χ0n) is 14.5. The van der Waals surface area contributed by atoms with Crippen molar-refractivity contribution >= 4 is 11.8 Å². The minimum absolute atomic E-state index is 0.0190. The lowest BCUT2D eigenvalue weighted by Gasteiger charge is -2.33. The van der Waals surface area contributed by atoms with Gasteiger partial charge in [0.1, 0.15) is 0 Å². The van der Waals surface area contributed by atoms with Gasteiger partial charge in [-0.3, -0.25) is 9.59 Å². The number of likely N-dealkylation sites (N-methyl/N-ethyl adjacent to an activating group) is 1. The molecule has 0 aromatic heterocycles. The molecule has 0 aliphatic heterocycles. The zero-order valence-corrected chi connectivity index (χ0v) is 14.5. The molecule has 0 spiro atoms. The smallest absolute Gasteiger partial charge is 0.225 e. The molecule has 2 aliphatic rings. The van der Waals surface area contributed by atoms with Crippen LogP contribution in [-0.2, 0) is 16.0 Å². The van der Waals surface area contributed by atoms with Crippen LogP contribution in [0.2, 0.25) is 0 Å². The van der Waals surface area contributed by atoms with Crippen LogP contribution in [0.15, 0.2) is 30.3 Å². The molecular formula is C20H28N2O2. The molecule has 1 aromatic carbocycles. The van der Waals surface area contributed by atoms with Crippen molar-refractivity contribution in [1.82, 2.24) is 10.2 Å². The molecule has 2 aliphatic carbocycles. The number of benzene rings is 1. The Kier molecular flexibility index (Phi) is 5.54. The van der Waals surface area contributed by atoms with E-state index in [4.69, 9.17) is 0 Å². The zero-order chi connectivity index (χ0) is 16.9. The highest BCUT2D eigenvalue weighted by Crippen LogP contribution is 2.28. The summed E-state index contributed by atoms with van der Waals surface area (Å²) in [7, 11) is 1.87. The highest BCUT2D eigenvalue weighted by Gasteiger charge is 2.31. The molecule has 2 saturated carbocycles. The molecule has 0 radical (unpaired) electrons. The number of nitrogens with one attached hydrogen (secondary N) is 1. The fourth-order valence-corrected chi connectivity index (χ4v) is 3.44. The molecule has 2 amide bonds. The van der Waals surface area contributed by atoms with Crippen molar-refractivity contribution in [3.63, 3.8) is 0 Å². The lowest BCUT2D eigenvalue weighted by Crippen LogP contribution is -2.49. The van der Waals surface area contributed by atoms with Crippen molar-refractivity contribution in [2.75, 3.05) is 13.6 Å². The van der Waals surface area contributed by atoms with Gasteiger partial charge in [-0.25, -0.2) is 0 Å². The summed E-state index contributed by atoms with van der Waals surface area (Å²) in [4.78, 5) is 26.6. The Morgan fingerprint density at radius 1 is 1.08 bits per heavy atom. The SMILES string of the molecule is CN(C[C@@H](Cc1ccccc1)NC(=O)C1CCC1)C(=O)C1CCC1. The lowest BCUT2D eigenvalue weighted by molar-refractivity contribution is -0.138. The van der Waals surface area contributed by atoms with Crippen LogP contribution in [0.4, 0.5) is 0 Å². The molecule has 130 valence electrons. The van der Waals surface area contributed by atoms with Crippen molar-refractivity contribution in [3.05, 3.63) is 35.9 Å². The predicted molar refractivity (Wildman–Crippen MR) is 94.4 cm³/mol. The van der Waals surface area contributed by atoms with E-state index < -0.39 is 0 Å². The highest BCUT2D eigenvalue weighted by atomic mass is 16.2. The standard InChI is InChI=1S/C20H28N2O2/c1-22(20(24)17-11-6-12-17)14-18(13-15-7-3-2-4-8-15)21-19(23)16-9-5-10-16/h2-4,7-8,16-18H,5-6,9-14H2,1H3,(H,21,23)/t18-/m1/s1. The van der Waals surface area contributed by atoms with E-state index in [1.807, 2.05) is 30.1 Å². The average Bonchev–Trinajstić information content (AvgIpc) is 2.44. The van der Waals surface area contributed by atoms with Gasteiger partial charge in [0, 0.05) is 25.4 Å². The first-order valence-corrected chi connectivity index (χ1v) is 9.23. The van der Waals surface area contributed by atoms with E-state index in [9.17, 15) is 9.59 Å². The van der Waals surface area contributed by atoms with Crippen LogP contribution in [0.25, 0.3) is 0 Å². The summed E-state index contributed by atoms with van der Waals surface area (Å²) >= 11 is 0. The number of amides is 2. The van der Waals surface area contributed by atoms with Gasteiger partial charge in [0.25, 0.3) is 0 Å². The third-order valence-corrected chi connectivity index (χ3v) is 5.47. The summed E-state index contributed by atoms with van der Waals surface area (Å²) in [6, 6.07) is 10.2. The molecule has 1 atom stereocenters. The molecule has 4 nitrogen and oxygen atoms in total. The van der Waals surface area contributed by atoms with Gasteiger partial charge in [-0.05, 0) is 37.7 Å². The molecule has 4 heteroatoms. The Labute approximate surface area is 144 Å². The fourth-order valence-electron chi connectivity index (χ4n) is 3.44. The average molecular weight is 328 g/mol. The van der Waals surface area contributed by atoms with E-state index in [2.05, 4.69) is 17.4 Å². The van der Waals surface area contributed by atoms with Gasteiger partial charge in [0.15, 0.2) is 0 Å². The Bertz CT molecular complexity index is 564. The molecule has 0 bridgehead atoms. The Morgan fingerprint density at radius 2 is 1.71 bits per heavy atom. The highest BCUT2D eigenvalue weighted by molar-refractivity contribution is 5.81. The number of hydrogen-bond donors (Lipinski definition) is 1. The topological polar surface area (TPSA) is 49.4 Å². The second kappa shape index (κ2) is 7.82. The molecule has 0 heterocycles. The maximum Gasteiger partial charge on any atom is 0.225 e. The summed E-state index contributed by atoms with van der Waals surface area (Å²) in [6.45, 7) is 0.586. The number of nitrogens with zero attached hydrogens (tertiary/aromatic N) is 1. The van der Waals surface area contributed by atoms with Crippen molar-refractivity contribution in [2.45, 2.75) is 51.0 Å². The van der Waals surface area contributed by atoms with E-state index in [-0.39, 0.29) is 29.7 Å². The van der Waals surface area contributed by atoms with Crippen LogP contribution in [0.1, 0.15) is 44.1 Å². The summed E-state index contributed by atoms with van der Waals surface area (Å²) in [5.41, 5.74) is 1.20. The van der Waals surface area contributed by atoms with E-state index in [1.54, 1.807) is 0 Å². The van der Waals surface area contributed by atoms with Gasteiger partial charge >= 0.3 is 0 Å². The van der Waals surface area contributed by atoms with Crippen LogP contribution in [-0.4, -0.2) is 36.3 Å². The first-order valence-electron chi connectivity index (χ1n) is 9.23. The molecule has 0 saturated heterocycles. The molecule has 3 rings (SSSR count). The van der Waals surface area contributed by atoms with Crippen molar-refractivity contribution in [1.29, 1.82) is 0 Å². The number of carbonyl (C=O) groups excluding carboxylic acids is 2. The van der Waals surface area contributed by atoms with Gasteiger partial charge in [-0.15, -0.1) is 0 Å². The van der Waals surface area contributed by atoms with Gasteiger partial charge in [0.2, 0.25) is 11.8 Å². The summed E-state index contributed by atoms with van der Waals surface area (Å²) in [5.74, 6) is 0.773.